The highest BCUT2D eigenvalue weighted by molar-refractivity contribution is 5.25. The number of nitrogens with one attached hydrogen (secondary N) is 1. The van der Waals surface area contributed by atoms with Gasteiger partial charge < -0.3 is 0 Å². The van der Waals surface area contributed by atoms with Crippen molar-refractivity contribution in [3.8, 4) is 0 Å². The second-order valence-electron chi connectivity index (χ2n) is 7.62. The summed E-state index contributed by atoms with van der Waals surface area (Å²) in [6.45, 7) is 16.9. The molecule has 18 heavy (non-hydrogen) atoms. The van der Waals surface area contributed by atoms with Crippen molar-refractivity contribution in [3.05, 3.63) is 21.6 Å². The number of rotatable bonds is 2. The van der Waals surface area contributed by atoms with Gasteiger partial charge in [-0.1, -0.05) is 34.6 Å². The van der Waals surface area contributed by atoms with Crippen molar-refractivity contribution in [2.75, 3.05) is 0 Å². The highest BCUT2D eigenvalue weighted by Gasteiger charge is 2.28. The molecule has 1 heterocycles. The van der Waals surface area contributed by atoms with Crippen molar-refractivity contribution >= 4 is 0 Å². The highest BCUT2D eigenvalue weighted by Crippen LogP contribution is 2.25. The molecule has 0 atom stereocenters. The third-order valence-corrected chi connectivity index (χ3v) is 3.02. The molecule has 0 unspecified atom stereocenters. The zero-order chi connectivity index (χ0) is 14.3. The van der Waals surface area contributed by atoms with Gasteiger partial charge >= 0.3 is 0 Å². The molecule has 0 spiro atoms. The number of aromatic amines is 1. The molecule has 0 bridgehead atoms. The Kier molecular flexibility index (Phi) is 3.85. The van der Waals surface area contributed by atoms with Crippen molar-refractivity contribution in [2.24, 2.45) is 5.92 Å². The fraction of sp³-hybridized carbons (Fsp3) is 0.800. The highest BCUT2D eigenvalue weighted by atomic mass is 16.1. The molecule has 3 nitrogen and oxygen atoms in total. The van der Waals surface area contributed by atoms with Crippen LogP contribution in [0.1, 0.15) is 66.6 Å². The maximum Gasteiger partial charge on any atom is 0.270 e. The minimum atomic E-state index is -0.202. The number of hydrogen-bond acceptors (Lipinski definition) is 1. The van der Waals surface area contributed by atoms with E-state index in [2.05, 4.69) is 60.5 Å². The third-order valence-electron chi connectivity index (χ3n) is 3.02. The predicted octanol–water partition coefficient (Wildman–Crippen LogP) is 3.43. The minimum Gasteiger partial charge on any atom is -0.298 e. The molecule has 0 radical (unpaired) electrons. The quantitative estimate of drug-likeness (QED) is 0.860. The number of aromatic nitrogens is 2. The van der Waals surface area contributed by atoms with Gasteiger partial charge in [0.2, 0.25) is 0 Å². The first-order valence-corrected chi connectivity index (χ1v) is 6.79. The first-order valence-electron chi connectivity index (χ1n) is 6.79. The maximum atomic E-state index is 12.6. The van der Waals surface area contributed by atoms with E-state index < -0.39 is 0 Å². The van der Waals surface area contributed by atoms with Gasteiger partial charge in [0.05, 0.1) is 5.54 Å². The average Bonchev–Trinajstić information content (AvgIpc) is 2.41. The Bertz CT molecular complexity index is 464. The summed E-state index contributed by atoms with van der Waals surface area (Å²) < 4.78 is 1.77. The Balaban J connectivity index is 3.47. The van der Waals surface area contributed by atoms with Gasteiger partial charge in [0, 0.05) is 16.7 Å². The van der Waals surface area contributed by atoms with Gasteiger partial charge in [-0.05, 0) is 33.1 Å². The van der Waals surface area contributed by atoms with E-state index in [0.29, 0.717) is 5.92 Å². The molecule has 0 saturated heterocycles. The third kappa shape index (κ3) is 3.06. The van der Waals surface area contributed by atoms with Crippen molar-refractivity contribution in [3.63, 3.8) is 0 Å². The van der Waals surface area contributed by atoms with E-state index in [4.69, 9.17) is 0 Å². The Morgan fingerprint density at radius 2 is 1.61 bits per heavy atom. The monoisotopic (exact) mass is 252 g/mol. The summed E-state index contributed by atoms with van der Waals surface area (Å²) in [6, 6.07) is 0. The molecule has 1 aromatic rings. The van der Waals surface area contributed by atoms with E-state index in [1.54, 1.807) is 4.68 Å². The summed E-state index contributed by atoms with van der Waals surface area (Å²) >= 11 is 0. The summed E-state index contributed by atoms with van der Waals surface area (Å²) in [5, 5.41) is 3.34. The lowest BCUT2D eigenvalue weighted by atomic mass is 9.87. The van der Waals surface area contributed by atoms with Crippen molar-refractivity contribution < 1.29 is 0 Å². The normalized spacial score (nSPS) is 13.4. The molecular formula is C15H28N2O. The fourth-order valence-corrected chi connectivity index (χ4v) is 2.16. The van der Waals surface area contributed by atoms with E-state index >= 15 is 0 Å². The van der Waals surface area contributed by atoms with Crippen molar-refractivity contribution in [1.82, 2.24) is 9.78 Å². The van der Waals surface area contributed by atoms with Crippen LogP contribution in [-0.2, 0) is 17.4 Å². The second-order valence-corrected chi connectivity index (χ2v) is 7.62. The zero-order valence-corrected chi connectivity index (χ0v) is 13.1. The lowest BCUT2D eigenvalue weighted by Crippen LogP contribution is -2.33. The number of H-pyrrole nitrogens is 1. The molecule has 0 aromatic carbocycles. The SMILES string of the molecule is CC(C)Cc1c(C(C)(C)C)[nH]n(C(C)(C)C)c1=O. The first-order chi connectivity index (χ1) is 7.94. The van der Waals surface area contributed by atoms with E-state index in [-0.39, 0.29) is 16.5 Å². The number of nitrogens with zero attached hydrogens (tertiary/aromatic N) is 1. The van der Waals surface area contributed by atoms with Crippen LogP contribution < -0.4 is 5.56 Å². The molecule has 0 aliphatic carbocycles. The summed E-state index contributed by atoms with van der Waals surface area (Å²) in [7, 11) is 0. The Hall–Kier alpha value is -0.990. The van der Waals surface area contributed by atoms with Gasteiger partial charge in [-0.15, -0.1) is 0 Å². The van der Waals surface area contributed by atoms with Crippen LogP contribution in [-0.4, -0.2) is 9.78 Å². The van der Waals surface area contributed by atoms with Crippen LogP contribution >= 0.6 is 0 Å². The van der Waals surface area contributed by atoms with Crippen molar-refractivity contribution in [1.29, 1.82) is 0 Å². The Morgan fingerprint density at radius 3 is 1.94 bits per heavy atom. The second kappa shape index (κ2) is 4.60. The molecule has 3 heteroatoms. The summed E-state index contributed by atoms with van der Waals surface area (Å²) in [5.41, 5.74) is 1.94. The zero-order valence-electron chi connectivity index (χ0n) is 13.1. The summed E-state index contributed by atoms with van der Waals surface area (Å²) in [6.07, 6.45) is 0.838. The molecule has 1 aromatic heterocycles. The Morgan fingerprint density at radius 1 is 1.11 bits per heavy atom. The Labute approximate surface area is 111 Å². The van der Waals surface area contributed by atoms with Gasteiger partial charge in [-0.2, -0.15) is 0 Å². The van der Waals surface area contributed by atoms with Gasteiger partial charge in [0.15, 0.2) is 0 Å². The van der Waals surface area contributed by atoms with E-state index in [0.717, 1.165) is 17.7 Å². The van der Waals surface area contributed by atoms with Gasteiger partial charge in [-0.3, -0.25) is 9.89 Å². The molecule has 0 aliphatic rings. The van der Waals surface area contributed by atoms with E-state index in [9.17, 15) is 4.79 Å². The minimum absolute atomic E-state index is 0.0279. The molecule has 0 fully saturated rings. The molecule has 1 N–H and O–H groups in total. The summed E-state index contributed by atoms with van der Waals surface area (Å²) in [5.74, 6) is 0.489. The fourth-order valence-electron chi connectivity index (χ4n) is 2.16. The van der Waals surface area contributed by atoms with E-state index in [1.165, 1.54) is 0 Å². The first kappa shape index (κ1) is 15.1. The van der Waals surface area contributed by atoms with Crippen LogP contribution in [0, 0.1) is 5.92 Å². The van der Waals surface area contributed by atoms with Crippen LogP contribution in [0.5, 0.6) is 0 Å². The van der Waals surface area contributed by atoms with Crippen LogP contribution in [0.2, 0.25) is 0 Å². The van der Waals surface area contributed by atoms with Crippen LogP contribution in [0.4, 0.5) is 0 Å². The maximum absolute atomic E-state index is 12.6. The van der Waals surface area contributed by atoms with Crippen LogP contribution in [0.15, 0.2) is 4.79 Å². The molecular weight excluding hydrogens is 224 g/mol. The van der Waals surface area contributed by atoms with Gasteiger partial charge in [0.1, 0.15) is 0 Å². The molecule has 0 aliphatic heterocycles. The number of hydrogen-bond donors (Lipinski definition) is 1. The topological polar surface area (TPSA) is 37.8 Å². The molecule has 104 valence electrons. The van der Waals surface area contributed by atoms with Crippen molar-refractivity contribution in [2.45, 2.75) is 72.8 Å². The lowest BCUT2D eigenvalue weighted by Gasteiger charge is -2.21. The van der Waals surface area contributed by atoms with Gasteiger partial charge in [-0.25, -0.2) is 4.68 Å². The lowest BCUT2D eigenvalue weighted by molar-refractivity contribution is 0.339. The summed E-state index contributed by atoms with van der Waals surface area (Å²) in [4.78, 5) is 12.6. The van der Waals surface area contributed by atoms with Crippen LogP contribution in [0.3, 0.4) is 0 Å². The standard InChI is InChI=1S/C15H28N2O/c1-10(2)9-11-12(14(3,4)5)16-17(13(11)18)15(6,7)8/h10,16H,9H2,1-8H3. The molecule has 1 rings (SSSR count). The van der Waals surface area contributed by atoms with E-state index in [1.807, 2.05) is 0 Å². The van der Waals surface area contributed by atoms with Gasteiger partial charge in [0.25, 0.3) is 5.56 Å². The molecule has 0 saturated carbocycles. The smallest absolute Gasteiger partial charge is 0.270 e. The molecule has 0 amide bonds. The largest absolute Gasteiger partial charge is 0.298 e. The predicted molar refractivity (Wildman–Crippen MR) is 77.3 cm³/mol. The average molecular weight is 252 g/mol. The van der Waals surface area contributed by atoms with Crippen LogP contribution in [0.25, 0.3) is 0 Å².